The van der Waals surface area contributed by atoms with Crippen LogP contribution in [0.5, 0.6) is 0 Å². The van der Waals surface area contributed by atoms with Crippen LogP contribution in [0.1, 0.15) is 29.5 Å². The average molecular weight is 273 g/mol. The number of furan rings is 1. The van der Waals surface area contributed by atoms with Crippen molar-refractivity contribution in [3.8, 4) is 11.3 Å². The van der Waals surface area contributed by atoms with Crippen molar-refractivity contribution in [3.63, 3.8) is 0 Å². The van der Waals surface area contributed by atoms with Gasteiger partial charge in [-0.3, -0.25) is 0 Å². The minimum absolute atomic E-state index is 0.331. The maximum atomic E-state index is 11.9. The van der Waals surface area contributed by atoms with E-state index < -0.39 is 0 Å². The number of hydrogen-bond donors (Lipinski definition) is 1. The number of ether oxygens (including phenoxy) is 1. The Balaban J connectivity index is 2.28. The molecule has 0 aliphatic carbocycles. The van der Waals surface area contributed by atoms with E-state index >= 15 is 0 Å². The molecule has 2 N–H and O–H groups in total. The highest BCUT2D eigenvalue weighted by atomic mass is 16.5. The summed E-state index contributed by atoms with van der Waals surface area (Å²) in [5.74, 6) is 1.23. The zero-order chi connectivity index (χ0) is 14.4. The van der Waals surface area contributed by atoms with Crippen LogP contribution in [0, 0.1) is 0 Å². The molecule has 4 nitrogen and oxygen atoms in total. The van der Waals surface area contributed by atoms with Gasteiger partial charge in [0.15, 0.2) is 0 Å². The Morgan fingerprint density at radius 1 is 1.25 bits per heavy atom. The van der Waals surface area contributed by atoms with E-state index in [1.54, 1.807) is 13.0 Å². The van der Waals surface area contributed by atoms with Crippen molar-refractivity contribution in [3.05, 3.63) is 47.7 Å². The van der Waals surface area contributed by atoms with E-state index in [2.05, 4.69) is 0 Å². The summed E-state index contributed by atoms with van der Waals surface area (Å²) in [4.78, 5) is 11.9. The fourth-order valence-electron chi connectivity index (χ4n) is 2.02. The lowest BCUT2D eigenvalue weighted by atomic mass is 10.1. The van der Waals surface area contributed by atoms with E-state index in [1.165, 1.54) is 0 Å². The number of carbonyl (C=O) groups is 1. The van der Waals surface area contributed by atoms with Gasteiger partial charge in [-0.1, -0.05) is 18.2 Å². The fourth-order valence-corrected chi connectivity index (χ4v) is 2.02. The molecule has 0 aliphatic heterocycles. The Morgan fingerprint density at radius 2 is 2.05 bits per heavy atom. The van der Waals surface area contributed by atoms with E-state index in [4.69, 9.17) is 14.9 Å². The van der Waals surface area contributed by atoms with Crippen LogP contribution < -0.4 is 5.73 Å². The molecule has 1 aromatic carbocycles. The predicted molar refractivity (Wildman–Crippen MR) is 77.5 cm³/mol. The summed E-state index contributed by atoms with van der Waals surface area (Å²) < 4.78 is 10.8. The van der Waals surface area contributed by atoms with E-state index in [9.17, 15) is 4.79 Å². The standard InChI is InChI=1S/C16H19NO3/c1-2-19-16(18)14-8-4-3-7-13(14)15-10-9-12(20-15)6-5-11-17/h3-4,7-10H,2,5-6,11,17H2,1H3. The number of nitrogens with two attached hydrogens (primary N) is 1. The van der Waals surface area contributed by atoms with Crippen molar-refractivity contribution in [1.82, 2.24) is 0 Å². The number of esters is 1. The van der Waals surface area contributed by atoms with Gasteiger partial charge in [-0.05, 0) is 38.1 Å². The molecular formula is C16H19NO3. The van der Waals surface area contributed by atoms with Crippen LogP contribution in [0.4, 0.5) is 0 Å². The van der Waals surface area contributed by atoms with Crippen molar-refractivity contribution in [1.29, 1.82) is 0 Å². The summed E-state index contributed by atoms with van der Waals surface area (Å²) in [6.45, 7) is 2.78. The largest absolute Gasteiger partial charge is 0.462 e. The second-order valence-corrected chi connectivity index (χ2v) is 4.42. The van der Waals surface area contributed by atoms with Gasteiger partial charge in [-0.2, -0.15) is 0 Å². The molecule has 0 fully saturated rings. The minimum Gasteiger partial charge on any atom is -0.462 e. The number of rotatable bonds is 6. The maximum Gasteiger partial charge on any atom is 0.338 e. The monoisotopic (exact) mass is 273 g/mol. The van der Waals surface area contributed by atoms with Crippen LogP contribution in [0.2, 0.25) is 0 Å². The smallest absolute Gasteiger partial charge is 0.338 e. The van der Waals surface area contributed by atoms with Crippen LogP contribution in [0.3, 0.4) is 0 Å². The number of carbonyl (C=O) groups excluding carboxylic acids is 1. The molecule has 4 heteroatoms. The second-order valence-electron chi connectivity index (χ2n) is 4.42. The van der Waals surface area contributed by atoms with Crippen molar-refractivity contribution in [2.45, 2.75) is 19.8 Å². The summed E-state index contributed by atoms with van der Waals surface area (Å²) >= 11 is 0. The first-order chi connectivity index (χ1) is 9.76. The lowest BCUT2D eigenvalue weighted by Crippen LogP contribution is -2.06. The van der Waals surface area contributed by atoms with Gasteiger partial charge < -0.3 is 14.9 Å². The van der Waals surface area contributed by atoms with Crippen LogP contribution in [0.25, 0.3) is 11.3 Å². The molecule has 2 rings (SSSR count). The Labute approximate surface area is 118 Å². The Hall–Kier alpha value is -2.07. The molecule has 0 aliphatic rings. The lowest BCUT2D eigenvalue weighted by molar-refractivity contribution is 0.0527. The number of benzene rings is 1. The SMILES string of the molecule is CCOC(=O)c1ccccc1-c1ccc(CCCN)o1. The third-order valence-corrected chi connectivity index (χ3v) is 2.98. The zero-order valence-electron chi connectivity index (χ0n) is 11.6. The maximum absolute atomic E-state index is 11.9. The van der Waals surface area contributed by atoms with Gasteiger partial charge in [-0.25, -0.2) is 4.79 Å². The molecule has 1 heterocycles. The molecule has 0 amide bonds. The Morgan fingerprint density at radius 3 is 2.80 bits per heavy atom. The van der Waals surface area contributed by atoms with Crippen molar-refractivity contribution >= 4 is 5.97 Å². The highest BCUT2D eigenvalue weighted by Crippen LogP contribution is 2.26. The summed E-state index contributed by atoms with van der Waals surface area (Å²) in [5, 5.41) is 0. The topological polar surface area (TPSA) is 65.5 Å². The molecule has 0 saturated carbocycles. The molecule has 2 aromatic rings. The summed E-state index contributed by atoms with van der Waals surface area (Å²) in [6, 6.07) is 11.1. The molecule has 1 aromatic heterocycles. The van der Waals surface area contributed by atoms with Gasteiger partial charge >= 0.3 is 5.97 Å². The first-order valence-corrected chi connectivity index (χ1v) is 6.81. The van der Waals surface area contributed by atoms with Gasteiger partial charge in [0, 0.05) is 12.0 Å². The normalized spacial score (nSPS) is 10.5. The predicted octanol–water partition coefficient (Wildman–Crippen LogP) is 3.01. The van der Waals surface area contributed by atoms with Crippen molar-refractivity contribution < 1.29 is 13.9 Å². The third-order valence-electron chi connectivity index (χ3n) is 2.98. The molecule has 0 atom stereocenters. The number of hydrogen-bond acceptors (Lipinski definition) is 4. The quantitative estimate of drug-likeness (QED) is 0.822. The first kappa shape index (κ1) is 14.3. The first-order valence-electron chi connectivity index (χ1n) is 6.81. The van der Waals surface area contributed by atoms with Crippen LogP contribution in [-0.4, -0.2) is 19.1 Å². The van der Waals surface area contributed by atoms with Crippen molar-refractivity contribution in [2.24, 2.45) is 5.73 Å². The van der Waals surface area contributed by atoms with Gasteiger partial charge in [0.2, 0.25) is 0 Å². The second kappa shape index (κ2) is 6.91. The van der Waals surface area contributed by atoms with E-state index in [1.807, 2.05) is 30.3 Å². The van der Waals surface area contributed by atoms with Crippen LogP contribution >= 0.6 is 0 Å². The Bertz CT molecular complexity index is 575. The molecular weight excluding hydrogens is 254 g/mol. The average Bonchev–Trinajstić information content (AvgIpc) is 2.94. The number of aryl methyl sites for hydroxylation is 1. The van der Waals surface area contributed by atoms with E-state index in [0.29, 0.717) is 24.5 Å². The third kappa shape index (κ3) is 3.27. The molecule has 106 valence electrons. The molecule has 0 saturated heterocycles. The van der Waals surface area contributed by atoms with Crippen molar-refractivity contribution in [2.75, 3.05) is 13.2 Å². The highest BCUT2D eigenvalue weighted by molar-refractivity contribution is 5.96. The fraction of sp³-hybridized carbons (Fsp3) is 0.312. The summed E-state index contributed by atoms with van der Waals surface area (Å²) in [5.41, 5.74) is 6.77. The summed E-state index contributed by atoms with van der Waals surface area (Å²) in [7, 11) is 0. The summed E-state index contributed by atoms with van der Waals surface area (Å²) in [6.07, 6.45) is 1.69. The van der Waals surface area contributed by atoms with Gasteiger partial charge in [0.05, 0.1) is 12.2 Å². The molecule has 0 unspecified atom stereocenters. The molecule has 0 spiro atoms. The Kier molecular flexibility index (Phi) is 4.96. The lowest BCUT2D eigenvalue weighted by Gasteiger charge is -2.06. The molecule has 20 heavy (non-hydrogen) atoms. The van der Waals surface area contributed by atoms with Gasteiger partial charge in [0.25, 0.3) is 0 Å². The highest BCUT2D eigenvalue weighted by Gasteiger charge is 2.15. The van der Waals surface area contributed by atoms with E-state index in [-0.39, 0.29) is 5.97 Å². The zero-order valence-corrected chi connectivity index (χ0v) is 11.6. The van der Waals surface area contributed by atoms with E-state index in [0.717, 1.165) is 24.2 Å². The van der Waals surface area contributed by atoms with Crippen LogP contribution in [-0.2, 0) is 11.2 Å². The minimum atomic E-state index is -0.331. The van der Waals surface area contributed by atoms with Gasteiger partial charge in [-0.15, -0.1) is 0 Å². The molecule has 0 radical (unpaired) electrons. The molecule has 0 bridgehead atoms. The van der Waals surface area contributed by atoms with Crippen LogP contribution in [0.15, 0.2) is 40.8 Å². The van der Waals surface area contributed by atoms with Gasteiger partial charge in [0.1, 0.15) is 11.5 Å².